The van der Waals surface area contributed by atoms with E-state index in [1.54, 1.807) is 30.3 Å². The molecule has 2 aliphatic heterocycles. The van der Waals surface area contributed by atoms with Crippen LogP contribution >= 0.6 is 0 Å². The van der Waals surface area contributed by atoms with Crippen LogP contribution < -0.4 is 14.8 Å². The molecule has 0 aliphatic carbocycles. The van der Waals surface area contributed by atoms with E-state index < -0.39 is 0 Å². The van der Waals surface area contributed by atoms with Gasteiger partial charge in [-0.25, -0.2) is 4.39 Å². The highest BCUT2D eigenvalue weighted by Gasteiger charge is 2.24. The summed E-state index contributed by atoms with van der Waals surface area (Å²) in [6.07, 6.45) is -0.164. The summed E-state index contributed by atoms with van der Waals surface area (Å²) in [5.41, 5.74) is 1.58. The van der Waals surface area contributed by atoms with E-state index in [0.717, 1.165) is 5.56 Å². The molecular weight excluding hydrogens is 339 g/mol. The van der Waals surface area contributed by atoms with Crippen molar-refractivity contribution in [1.82, 2.24) is 4.90 Å². The monoisotopic (exact) mass is 358 g/mol. The molecule has 1 amide bonds. The van der Waals surface area contributed by atoms with Gasteiger partial charge in [-0.15, -0.1) is 0 Å². The number of hydrogen-bond donors (Lipinski definition) is 1. The molecule has 7 heteroatoms. The van der Waals surface area contributed by atoms with Gasteiger partial charge in [0.2, 0.25) is 12.7 Å². The molecular formula is C19H19FN2O4. The molecule has 1 saturated heterocycles. The molecule has 0 aromatic heterocycles. The maximum absolute atomic E-state index is 13.1. The Bertz CT molecular complexity index is 797. The average Bonchev–Trinajstić information content (AvgIpc) is 3.10. The number of anilines is 1. The summed E-state index contributed by atoms with van der Waals surface area (Å²) in [7, 11) is 0. The van der Waals surface area contributed by atoms with Gasteiger partial charge in [0.05, 0.1) is 19.3 Å². The number of benzene rings is 2. The third-order valence-electron chi connectivity index (χ3n) is 4.42. The molecule has 1 atom stereocenters. The van der Waals surface area contributed by atoms with Crippen molar-refractivity contribution in [1.29, 1.82) is 0 Å². The van der Waals surface area contributed by atoms with E-state index >= 15 is 0 Å². The van der Waals surface area contributed by atoms with Gasteiger partial charge < -0.3 is 19.5 Å². The van der Waals surface area contributed by atoms with Gasteiger partial charge in [0, 0.05) is 24.8 Å². The van der Waals surface area contributed by atoms with Crippen LogP contribution in [0.5, 0.6) is 11.5 Å². The summed E-state index contributed by atoms with van der Waals surface area (Å²) in [5.74, 6) is 0.928. The molecule has 2 aromatic carbocycles. The number of fused-ring (bicyclic) bond motifs is 1. The third-order valence-corrected chi connectivity index (χ3v) is 4.42. The fraction of sp³-hybridized carbons (Fsp3) is 0.316. The third kappa shape index (κ3) is 3.79. The molecule has 6 nitrogen and oxygen atoms in total. The molecule has 0 unspecified atom stereocenters. The second-order valence-corrected chi connectivity index (χ2v) is 6.26. The molecule has 0 saturated carbocycles. The van der Waals surface area contributed by atoms with Gasteiger partial charge in [0.15, 0.2) is 11.5 Å². The van der Waals surface area contributed by atoms with E-state index in [-0.39, 0.29) is 31.2 Å². The van der Waals surface area contributed by atoms with Crippen molar-refractivity contribution in [2.24, 2.45) is 0 Å². The smallest absolute Gasteiger partial charge is 0.238 e. The summed E-state index contributed by atoms with van der Waals surface area (Å²) >= 11 is 0. The predicted octanol–water partition coefficient (Wildman–Crippen LogP) is 2.57. The summed E-state index contributed by atoms with van der Waals surface area (Å²) < 4.78 is 29.4. The van der Waals surface area contributed by atoms with Crippen molar-refractivity contribution in [3.05, 3.63) is 53.8 Å². The Hall–Kier alpha value is -2.64. The Morgan fingerprint density at radius 1 is 1.15 bits per heavy atom. The molecule has 2 aromatic rings. The number of ether oxygens (including phenoxy) is 3. The van der Waals surface area contributed by atoms with Crippen LogP contribution in [0.1, 0.15) is 11.7 Å². The number of nitrogens with zero attached hydrogens (tertiary/aromatic N) is 1. The van der Waals surface area contributed by atoms with Crippen LogP contribution in [0.25, 0.3) is 0 Å². The second-order valence-electron chi connectivity index (χ2n) is 6.26. The standard InChI is InChI=1S/C19H19FN2O4/c20-14-3-1-13(2-4-14)18-10-22(7-8-24-18)11-19(23)21-15-5-6-16-17(9-15)26-12-25-16/h1-6,9,18H,7-8,10-12H2,(H,21,23)/t18-/m1/s1. The lowest BCUT2D eigenvalue weighted by Crippen LogP contribution is -2.42. The molecule has 1 fully saturated rings. The summed E-state index contributed by atoms with van der Waals surface area (Å²) in [6, 6.07) is 11.6. The fourth-order valence-electron chi connectivity index (χ4n) is 3.10. The maximum Gasteiger partial charge on any atom is 0.238 e. The predicted molar refractivity (Wildman–Crippen MR) is 92.7 cm³/mol. The second kappa shape index (κ2) is 7.31. The number of halogens is 1. The number of amides is 1. The van der Waals surface area contributed by atoms with Gasteiger partial charge in [-0.3, -0.25) is 9.69 Å². The minimum absolute atomic E-state index is 0.108. The molecule has 4 rings (SSSR count). The van der Waals surface area contributed by atoms with Gasteiger partial charge in [0.25, 0.3) is 0 Å². The van der Waals surface area contributed by atoms with Crippen LogP contribution in [0.15, 0.2) is 42.5 Å². The van der Waals surface area contributed by atoms with Crippen molar-refractivity contribution < 1.29 is 23.4 Å². The van der Waals surface area contributed by atoms with Gasteiger partial charge in [-0.2, -0.15) is 0 Å². The number of hydrogen-bond acceptors (Lipinski definition) is 5. The van der Waals surface area contributed by atoms with Crippen molar-refractivity contribution >= 4 is 11.6 Å². The Balaban J connectivity index is 1.34. The van der Waals surface area contributed by atoms with E-state index in [1.807, 2.05) is 4.90 Å². The Morgan fingerprint density at radius 2 is 1.96 bits per heavy atom. The average molecular weight is 358 g/mol. The number of nitrogens with one attached hydrogen (secondary N) is 1. The van der Waals surface area contributed by atoms with Crippen LogP contribution in [0, 0.1) is 5.82 Å². The van der Waals surface area contributed by atoms with E-state index in [1.165, 1.54) is 12.1 Å². The molecule has 0 spiro atoms. The maximum atomic E-state index is 13.1. The Labute approximate surface area is 150 Å². The first-order valence-electron chi connectivity index (χ1n) is 8.46. The number of morpholine rings is 1. The lowest BCUT2D eigenvalue weighted by molar-refractivity contribution is -0.119. The van der Waals surface area contributed by atoms with Gasteiger partial charge in [-0.1, -0.05) is 12.1 Å². The number of carbonyl (C=O) groups is 1. The largest absolute Gasteiger partial charge is 0.454 e. The highest BCUT2D eigenvalue weighted by atomic mass is 19.1. The quantitative estimate of drug-likeness (QED) is 0.910. The Morgan fingerprint density at radius 3 is 2.81 bits per heavy atom. The zero-order valence-electron chi connectivity index (χ0n) is 14.1. The summed E-state index contributed by atoms with van der Waals surface area (Å²) in [6.45, 7) is 2.24. The first kappa shape index (κ1) is 16.8. The molecule has 0 bridgehead atoms. The van der Waals surface area contributed by atoms with E-state index in [2.05, 4.69) is 5.32 Å². The van der Waals surface area contributed by atoms with Gasteiger partial charge in [-0.05, 0) is 29.8 Å². The summed E-state index contributed by atoms with van der Waals surface area (Å²) in [5, 5.41) is 2.87. The molecule has 136 valence electrons. The topological polar surface area (TPSA) is 60.0 Å². The molecule has 2 aliphatic rings. The Kier molecular flexibility index (Phi) is 4.73. The van der Waals surface area contributed by atoms with Crippen molar-refractivity contribution in [3.8, 4) is 11.5 Å². The molecule has 26 heavy (non-hydrogen) atoms. The highest BCUT2D eigenvalue weighted by molar-refractivity contribution is 5.92. The lowest BCUT2D eigenvalue weighted by atomic mass is 10.1. The SMILES string of the molecule is O=C(CN1CCO[C@@H](c2ccc(F)cc2)C1)Nc1ccc2c(c1)OCO2. The van der Waals surface area contributed by atoms with Crippen molar-refractivity contribution in [2.75, 3.05) is 38.4 Å². The summed E-state index contributed by atoms with van der Waals surface area (Å²) in [4.78, 5) is 14.4. The zero-order chi connectivity index (χ0) is 17.9. The molecule has 2 heterocycles. The van der Waals surface area contributed by atoms with E-state index in [9.17, 15) is 9.18 Å². The molecule has 1 N–H and O–H groups in total. The fourth-order valence-corrected chi connectivity index (χ4v) is 3.10. The lowest BCUT2D eigenvalue weighted by Gasteiger charge is -2.32. The van der Waals surface area contributed by atoms with Crippen molar-refractivity contribution in [3.63, 3.8) is 0 Å². The number of rotatable bonds is 4. The van der Waals surface area contributed by atoms with Crippen LogP contribution in [0.2, 0.25) is 0 Å². The number of carbonyl (C=O) groups excluding carboxylic acids is 1. The minimum atomic E-state index is -0.274. The first-order valence-corrected chi connectivity index (χ1v) is 8.46. The first-order chi connectivity index (χ1) is 12.7. The van der Waals surface area contributed by atoms with Crippen LogP contribution in [0.4, 0.5) is 10.1 Å². The highest BCUT2D eigenvalue weighted by Crippen LogP contribution is 2.34. The van der Waals surface area contributed by atoms with Crippen LogP contribution in [-0.2, 0) is 9.53 Å². The van der Waals surface area contributed by atoms with Crippen LogP contribution in [-0.4, -0.2) is 43.8 Å². The van der Waals surface area contributed by atoms with Crippen LogP contribution in [0.3, 0.4) is 0 Å². The van der Waals surface area contributed by atoms with Gasteiger partial charge >= 0.3 is 0 Å². The van der Waals surface area contributed by atoms with E-state index in [0.29, 0.717) is 36.9 Å². The van der Waals surface area contributed by atoms with Gasteiger partial charge in [0.1, 0.15) is 5.82 Å². The van der Waals surface area contributed by atoms with E-state index in [4.69, 9.17) is 14.2 Å². The van der Waals surface area contributed by atoms with Crippen molar-refractivity contribution in [2.45, 2.75) is 6.10 Å². The normalized spacial score (nSPS) is 19.3. The zero-order valence-corrected chi connectivity index (χ0v) is 14.1. The molecule has 0 radical (unpaired) electrons. The minimum Gasteiger partial charge on any atom is -0.454 e.